The van der Waals surface area contributed by atoms with Crippen LogP contribution in [0.3, 0.4) is 0 Å². The van der Waals surface area contributed by atoms with Gasteiger partial charge in [-0.3, -0.25) is 20.4 Å². The standard InChI is InChI=1S/C20H25BrN2O2/c21-17-3-1-13(2-4-17)8-18(24)22-23-19(25)12-20-9-14-5-15(10-20)7-16(6-14)11-20/h1-4,14-16H,5-12H2,(H,22,24)(H,23,25). The maximum absolute atomic E-state index is 12.4. The lowest BCUT2D eigenvalue weighted by atomic mass is 9.49. The van der Waals surface area contributed by atoms with Gasteiger partial charge in [0.2, 0.25) is 11.8 Å². The van der Waals surface area contributed by atoms with Crippen molar-refractivity contribution in [2.75, 3.05) is 0 Å². The van der Waals surface area contributed by atoms with E-state index in [-0.39, 0.29) is 23.7 Å². The topological polar surface area (TPSA) is 58.2 Å². The predicted octanol–water partition coefficient (Wildman–Crippen LogP) is 3.75. The summed E-state index contributed by atoms with van der Waals surface area (Å²) < 4.78 is 0.987. The van der Waals surface area contributed by atoms with Crippen LogP contribution in [0.5, 0.6) is 0 Å². The normalized spacial score (nSPS) is 32.4. The summed E-state index contributed by atoms with van der Waals surface area (Å²) in [6, 6.07) is 7.63. The van der Waals surface area contributed by atoms with E-state index >= 15 is 0 Å². The lowest BCUT2D eigenvalue weighted by Gasteiger charge is -2.56. The molecule has 4 saturated carbocycles. The number of nitrogens with one attached hydrogen (secondary N) is 2. The molecule has 0 spiro atoms. The third kappa shape index (κ3) is 3.91. The first-order valence-electron chi connectivity index (χ1n) is 9.32. The molecule has 4 bridgehead atoms. The highest BCUT2D eigenvalue weighted by molar-refractivity contribution is 9.10. The Labute approximate surface area is 157 Å². The zero-order valence-corrected chi connectivity index (χ0v) is 16.0. The number of benzene rings is 1. The minimum absolute atomic E-state index is 0.0360. The van der Waals surface area contributed by atoms with Crippen molar-refractivity contribution in [3.63, 3.8) is 0 Å². The highest BCUT2D eigenvalue weighted by atomic mass is 79.9. The number of carbonyl (C=O) groups is 2. The molecular formula is C20H25BrN2O2. The smallest absolute Gasteiger partial charge is 0.242 e. The Morgan fingerprint density at radius 3 is 2.00 bits per heavy atom. The van der Waals surface area contributed by atoms with Crippen LogP contribution in [0.25, 0.3) is 0 Å². The molecule has 0 radical (unpaired) electrons. The second-order valence-electron chi connectivity index (χ2n) is 8.49. The maximum atomic E-state index is 12.4. The summed E-state index contributed by atoms with van der Waals surface area (Å²) in [6.45, 7) is 0. The molecule has 1 aromatic rings. The van der Waals surface area contributed by atoms with Crippen LogP contribution >= 0.6 is 15.9 Å². The lowest BCUT2D eigenvalue weighted by molar-refractivity contribution is -0.134. The fraction of sp³-hybridized carbons (Fsp3) is 0.600. The fourth-order valence-corrected chi connectivity index (χ4v) is 6.13. The van der Waals surface area contributed by atoms with Gasteiger partial charge in [-0.15, -0.1) is 0 Å². The van der Waals surface area contributed by atoms with E-state index in [1.807, 2.05) is 24.3 Å². The highest BCUT2D eigenvalue weighted by Crippen LogP contribution is 2.61. The van der Waals surface area contributed by atoms with Crippen molar-refractivity contribution >= 4 is 27.7 Å². The number of halogens is 1. The Morgan fingerprint density at radius 2 is 1.44 bits per heavy atom. The Morgan fingerprint density at radius 1 is 0.920 bits per heavy atom. The molecule has 4 aliphatic rings. The van der Waals surface area contributed by atoms with Gasteiger partial charge in [0, 0.05) is 10.9 Å². The van der Waals surface area contributed by atoms with Crippen LogP contribution in [0.15, 0.2) is 28.7 Å². The van der Waals surface area contributed by atoms with Crippen LogP contribution < -0.4 is 10.9 Å². The first-order valence-corrected chi connectivity index (χ1v) is 10.1. The Balaban J connectivity index is 1.26. The molecule has 0 heterocycles. The maximum Gasteiger partial charge on any atom is 0.242 e. The van der Waals surface area contributed by atoms with E-state index in [4.69, 9.17) is 0 Å². The zero-order chi connectivity index (χ0) is 17.4. The molecule has 5 rings (SSSR count). The molecule has 5 heteroatoms. The molecule has 2 N–H and O–H groups in total. The Hall–Kier alpha value is -1.36. The van der Waals surface area contributed by atoms with E-state index in [1.54, 1.807) is 0 Å². The summed E-state index contributed by atoms with van der Waals surface area (Å²) in [7, 11) is 0. The van der Waals surface area contributed by atoms with Gasteiger partial charge in [-0.25, -0.2) is 0 Å². The first-order chi connectivity index (χ1) is 12.0. The van der Waals surface area contributed by atoms with Gasteiger partial charge in [-0.2, -0.15) is 0 Å². The van der Waals surface area contributed by atoms with Crippen molar-refractivity contribution in [1.82, 2.24) is 10.9 Å². The van der Waals surface area contributed by atoms with Crippen molar-refractivity contribution in [2.24, 2.45) is 23.2 Å². The van der Waals surface area contributed by atoms with Gasteiger partial charge in [-0.1, -0.05) is 28.1 Å². The van der Waals surface area contributed by atoms with Gasteiger partial charge in [0.05, 0.1) is 6.42 Å². The van der Waals surface area contributed by atoms with Crippen LogP contribution in [0.1, 0.15) is 50.5 Å². The van der Waals surface area contributed by atoms with Crippen molar-refractivity contribution in [3.8, 4) is 0 Å². The van der Waals surface area contributed by atoms with Crippen LogP contribution in [0, 0.1) is 23.2 Å². The van der Waals surface area contributed by atoms with Crippen LogP contribution in [-0.4, -0.2) is 11.8 Å². The molecule has 0 aliphatic heterocycles. The monoisotopic (exact) mass is 404 g/mol. The number of carbonyl (C=O) groups excluding carboxylic acids is 2. The second kappa shape index (κ2) is 6.75. The van der Waals surface area contributed by atoms with Gasteiger partial charge >= 0.3 is 0 Å². The van der Waals surface area contributed by atoms with Crippen molar-refractivity contribution in [1.29, 1.82) is 0 Å². The summed E-state index contributed by atoms with van der Waals surface area (Å²) in [5.74, 6) is 2.30. The third-order valence-electron chi connectivity index (χ3n) is 6.32. The Kier molecular flexibility index (Phi) is 4.61. The van der Waals surface area contributed by atoms with Crippen LogP contribution in [0.2, 0.25) is 0 Å². The van der Waals surface area contributed by atoms with Gasteiger partial charge in [0.25, 0.3) is 0 Å². The van der Waals surface area contributed by atoms with E-state index in [1.165, 1.54) is 38.5 Å². The quantitative estimate of drug-likeness (QED) is 0.750. The van der Waals surface area contributed by atoms with E-state index in [0.717, 1.165) is 27.8 Å². The molecule has 25 heavy (non-hydrogen) atoms. The first kappa shape index (κ1) is 17.1. The Bertz CT molecular complexity index is 635. The molecule has 134 valence electrons. The van der Waals surface area contributed by atoms with Gasteiger partial charge in [-0.05, 0) is 79.4 Å². The number of rotatable bonds is 4. The number of hydrogen-bond acceptors (Lipinski definition) is 2. The number of amides is 2. The molecule has 4 aliphatic carbocycles. The molecule has 0 unspecified atom stereocenters. The third-order valence-corrected chi connectivity index (χ3v) is 6.85. The van der Waals surface area contributed by atoms with Crippen LogP contribution in [0.4, 0.5) is 0 Å². The minimum atomic E-state index is -0.179. The molecule has 0 aromatic heterocycles. The van der Waals surface area contributed by atoms with Crippen LogP contribution in [-0.2, 0) is 16.0 Å². The van der Waals surface area contributed by atoms with Gasteiger partial charge in [0.15, 0.2) is 0 Å². The highest BCUT2D eigenvalue weighted by Gasteiger charge is 2.51. The average molecular weight is 405 g/mol. The predicted molar refractivity (Wildman–Crippen MR) is 99.4 cm³/mol. The summed E-state index contributed by atoms with van der Waals surface area (Å²) in [5.41, 5.74) is 6.35. The van der Waals surface area contributed by atoms with E-state index in [2.05, 4.69) is 26.8 Å². The van der Waals surface area contributed by atoms with Gasteiger partial charge in [0.1, 0.15) is 0 Å². The minimum Gasteiger partial charge on any atom is -0.273 e. The van der Waals surface area contributed by atoms with Crippen molar-refractivity contribution in [3.05, 3.63) is 34.3 Å². The lowest BCUT2D eigenvalue weighted by Crippen LogP contribution is -2.50. The van der Waals surface area contributed by atoms with E-state index in [0.29, 0.717) is 6.42 Å². The zero-order valence-electron chi connectivity index (χ0n) is 14.4. The molecule has 4 fully saturated rings. The average Bonchev–Trinajstić information content (AvgIpc) is 2.53. The summed E-state index contributed by atoms with van der Waals surface area (Å²) >= 11 is 3.38. The SMILES string of the molecule is O=C(Cc1ccc(Br)cc1)NNC(=O)CC12CC3CC(CC(C3)C1)C2. The van der Waals surface area contributed by atoms with Crippen molar-refractivity contribution in [2.45, 2.75) is 51.4 Å². The van der Waals surface area contributed by atoms with E-state index in [9.17, 15) is 9.59 Å². The van der Waals surface area contributed by atoms with Crippen molar-refractivity contribution < 1.29 is 9.59 Å². The number of hydrogen-bond donors (Lipinski definition) is 2. The molecular weight excluding hydrogens is 380 g/mol. The fourth-order valence-electron chi connectivity index (χ4n) is 5.86. The molecule has 2 amide bonds. The molecule has 1 aromatic carbocycles. The number of hydrazine groups is 1. The molecule has 0 saturated heterocycles. The second-order valence-corrected chi connectivity index (χ2v) is 9.41. The summed E-state index contributed by atoms with van der Waals surface area (Å²) in [5, 5.41) is 0. The van der Waals surface area contributed by atoms with Gasteiger partial charge < -0.3 is 0 Å². The summed E-state index contributed by atoms with van der Waals surface area (Å²) in [4.78, 5) is 24.4. The summed E-state index contributed by atoms with van der Waals surface area (Å²) in [6.07, 6.45) is 8.60. The molecule has 0 atom stereocenters. The van der Waals surface area contributed by atoms with E-state index < -0.39 is 0 Å². The largest absolute Gasteiger partial charge is 0.273 e. The molecule has 4 nitrogen and oxygen atoms in total.